The van der Waals surface area contributed by atoms with Crippen LogP contribution in [0.5, 0.6) is 0 Å². The van der Waals surface area contributed by atoms with Crippen LogP contribution in [0.4, 0.5) is 0 Å². The third kappa shape index (κ3) is 28.2. The maximum atomic E-state index is 4.09. The van der Waals surface area contributed by atoms with Crippen molar-refractivity contribution in [1.29, 1.82) is 0 Å². The quantitative estimate of drug-likeness (QED) is 0.101. The fraction of sp³-hybridized carbons (Fsp3) is 0.929. The Morgan fingerprint density at radius 2 is 0.621 bits per heavy atom. The summed E-state index contributed by atoms with van der Waals surface area (Å²) in [6.45, 7) is 2.30. The summed E-state index contributed by atoms with van der Waals surface area (Å²) in [5, 5.41) is 0. The molecule has 0 amide bonds. The minimum absolute atomic E-state index is 1.21. The highest BCUT2D eigenvalue weighted by molar-refractivity contribution is 7.20. The predicted molar refractivity (Wildman–Crippen MR) is 137 cm³/mol. The van der Waals surface area contributed by atoms with Crippen LogP contribution in [0.15, 0.2) is 11.9 Å². The topological polar surface area (TPSA) is 0 Å². The summed E-state index contributed by atoms with van der Waals surface area (Å²) in [6, 6.07) is 0. The van der Waals surface area contributed by atoms with E-state index in [-0.39, 0.29) is 0 Å². The molecule has 0 bridgehead atoms. The van der Waals surface area contributed by atoms with Crippen molar-refractivity contribution < 1.29 is 0 Å². The van der Waals surface area contributed by atoms with Crippen molar-refractivity contribution in [3.8, 4) is 0 Å². The molecule has 0 aliphatic heterocycles. The summed E-state index contributed by atoms with van der Waals surface area (Å²) in [5.41, 5.74) is 0. The Morgan fingerprint density at radius 3 is 0.862 bits per heavy atom. The van der Waals surface area contributed by atoms with Gasteiger partial charge in [0.05, 0.1) is 0 Å². The normalized spacial score (nSPS) is 11.7. The van der Waals surface area contributed by atoms with E-state index in [0.29, 0.717) is 0 Å². The highest BCUT2D eigenvalue weighted by atomic mass is 31.0. The molecule has 0 aromatic rings. The molecule has 0 rings (SSSR count). The fourth-order valence-corrected chi connectivity index (χ4v) is 4.45. The molecule has 0 aliphatic carbocycles. The summed E-state index contributed by atoms with van der Waals surface area (Å²) in [4.78, 5) is 0. The summed E-state index contributed by atoms with van der Waals surface area (Å²) in [6.07, 6.45) is 38.5. The molecule has 2 radical (unpaired) electrons. The molecule has 0 unspecified atom stereocenters. The van der Waals surface area contributed by atoms with Crippen molar-refractivity contribution in [2.45, 2.75) is 167 Å². The Morgan fingerprint density at radius 1 is 0.379 bits per heavy atom. The third-order valence-corrected chi connectivity index (χ3v) is 6.54. The lowest BCUT2D eigenvalue weighted by atomic mass is 10.0. The first kappa shape index (κ1) is 29.2. The molecule has 172 valence electrons. The molecule has 0 heterocycles. The van der Waals surface area contributed by atoms with E-state index in [2.05, 4.69) is 22.2 Å². The summed E-state index contributed by atoms with van der Waals surface area (Å²) in [7, 11) is 4.09. The number of hydrogen-bond donors (Lipinski definition) is 0. The Hall–Kier alpha value is 0.170. The first-order valence-electron chi connectivity index (χ1n) is 13.7. The van der Waals surface area contributed by atoms with Crippen LogP contribution < -0.4 is 0 Å². The van der Waals surface area contributed by atoms with Crippen LogP contribution in [0.1, 0.15) is 167 Å². The van der Waals surface area contributed by atoms with Gasteiger partial charge in [0.25, 0.3) is 0 Å². The number of unbranched alkanes of at least 4 members (excludes halogenated alkanes) is 24. The zero-order chi connectivity index (χ0) is 21.1. The zero-order valence-corrected chi connectivity index (χ0v) is 21.2. The molecule has 0 aliphatic rings. The van der Waals surface area contributed by atoms with Crippen molar-refractivity contribution in [2.24, 2.45) is 0 Å². The standard InChI is InChI=1S/C28H55P/c1-2-3-4-5-6-7-8-9-10-11-12-13-14-15-16-17-18-19-20-21-22-23-24-25-26-27-28-29/h27-28H,2-26H2,1H3. The number of allylic oxidation sites excluding steroid dienone is 1. The number of rotatable bonds is 25. The molecule has 1 heteroatoms. The maximum Gasteiger partial charge on any atom is -0.0146 e. The van der Waals surface area contributed by atoms with Crippen molar-refractivity contribution in [2.75, 3.05) is 0 Å². The smallest absolute Gasteiger partial charge is 0.0146 e. The molecule has 0 aromatic carbocycles. The van der Waals surface area contributed by atoms with Gasteiger partial charge in [-0.1, -0.05) is 166 Å². The Bertz CT molecular complexity index is 297. The van der Waals surface area contributed by atoms with Crippen LogP contribution in [-0.2, 0) is 0 Å². The van der Waals surface area contributed by atoms with E-state index in [1.807, 2.05) is 5.82 Å². The van der Waals surface area contributed by atoms with Gasteiger partial charge in [-0.05, 0) is 22.1 Å². The zero-order valence-electron chi connectivity index (χ0n) is 20.3. The van der Waals surface area contributed by atoms with Gasteiger partial charge in [-0.3, -0.25) is 0 Å². The Labute approximate surface area is 188 Å². The van der Waals surface area contributed by atoms with E-state index in [9.17, 15) is 0 Å². The maximum absolute atomic E-state index is 4.09. The van der Waals surface area contributed by atoms with E-state index in [1.165, 1.54) is 161 Å². The summed E-state index contributed by atoms with van der Waals surface area (Å²) >= 11 is 0. The second-order valence-corrected chi connectivity index (χ2v) is 9.60. The lowest BCUT2D eigenvalue weighted by Gasteiger charge is -2.04. The average molecular weight is 423 g/mol. The molecular formula is C28H55P. The molecular weight excluding hydrogens is 367 g/mol. The Kier molecular flexibility index (Phi) is 28.3. The van der Waals surface area contributed by atoms with Crippen molar-refractivity contribution in [1.82, 2.24) is 0 Å². The van der Waals surface area contributed by atoms with Gasteiger partial charge in [-0.15, -0.1) is 0 Å². The molecule has 0 spiro atoms. The van der Waals surface area contributed by atoms with E-state index < -0.39 is 0 Å². The number of hydrogen-bond acceptors (Lipinski definition) is 0. The monoisotopic (exact) mass is 422 g/mol. The molecule has 0 aromatic heterocycles. The van der Waals surface area contributed by atoms with Crippen LogP contribution in [0.25, 0.3) is 0 Å². The SMILES string of the molecule is CCCCCCCCCCCCCCCCCCCCCCCCCCC=C[P]. The van der Waals surface area contributed by atoms with Crippen LogP contribution in [0, 0.1) is 0 Å². The molecule has 0 fully saturated rings. The minimum atomic E-state index is 1.21. The van der Waals surface area contributed by atoms with Crippen molar-refractivity contribution in [3.63, 3.8) is 0 Å². The molecule has 0 saturated carbocycles. The first-order chi connectivity index (χ1) is 14.4. The summed E-state index contributed by atoms with van der Waals surface area (Å²) < 4.78 is 0. The van der Waals surface area contributed by atoms with Crippen LogP contribution in [-0.4, -0.2) is 0 Å². The highest BCUT2D eigenvalue weighted by Gasteiger charge is 1.96. The van der Waals surface area contributed by atoms with Gasteiger partial charge in [-0.2, -0.15) is 0 Å². The second-order valence-electron chi connectivity index (χ2n) is 9.31. The fourth-order valence-electron chi connectivity index (χ4n) is 4.30. The van der Waals surface area contributed by atoms with E-state index in [1.54, 1.807) is 0 Å². The van der Waals surface area contributed by atoms with Gasteiger partial charge < -0.3 is 0 Å². The lowest BCUT2D eigenvalue weighted by molar-refractivity contribution is 0.517. The van der Waals surface area contributed by atoms with Gasteiger partial charge >= 0.3 is 0 Å². The molecule has 0 N–H and O–H groups in total. The van der Waals surface area contributed by atoms with Crippen molar-refractivity contribution in [3.05, 3.63) is 11.9 Å². The van der Waals surface area contributed by atoms with E-state index in [4.69, 9.17) is 0 Å². The summed E-state index contributed by atoms with van der Waals surface area (Å²) in [5.74, 6) is 1.87. The van der Waals surface area contributed by atoms with Gasteiger partial charge in [0.1, 0.15) is 0 Å². The molecule has 29 heavy (non-hydrogen) atoms. The lowest BCUT2D eigenvalue weighted by Crippen LogP contribution is -1.84. The van der Waals surface area contributed by atoms with Gasteiger partial charge in [-0.25, -0.2) is 0 Å². The van der Waals surface area contributed by atoms with Crippen LogP contribution >= 0.6 is 9.24 Å². The van der Waals surface area contributed by atoms with E-state index in [0.717, 1.165) is 0 Å². The molecule has 0 nitrogen and oxygen atoms in total. The molecule has 0 atom stereocenters. The largest absolute Gasteiger partial charge is 0.0834 e. The van der Waals surface area contributed by atoms with Crippen molar-refractivity contribution >= 4 is 9.24 Å². The van der Waals surface area contributed by atoms with E-state index >= 15 is 0 Å². The Balaban J connectivity index is 2.98. The van der Waals surface area contributed by atoms with Crippen LogP contribution in [0.2, 0.25) is 0 Å². The van der Waals surface area contributed by atoms with Gasteiger partial charge in [0.15, 0.2) is 0 Å². The van der Waals surface area contributed by atoms with Crippen LogP contribution in [0.3, 0.4) is 0 Å². The third-order valence-electron chi connectivity index (χ3n) is 6.33. The van der Waals surface area contributed by atoms with Gasteiger partial charge in [0.2, 0.25) is 0 Å². The second kappa shape index (κ2) is 28.2. The minimum Gasteiger partial charge on any atom is -0.0834 e. The molecule has 0 saturated heterocycles. The first-order valence-corrected chi connectivity index (χ1v) is 14.2. The predicted octanol–water partition coefficient (Wildman–Crippen LogP) is 11.7. The average Bonchev–Trinajstić information content (AvgIpc) is 2.74. The highest BCUT2D eigenvalue weighted by Crippen LogP contribution is 2.15. The van der Waals surface area contributed by atoms with Gasteiger partial charge in [0, 0.05) is 0 Å².